The Morgan fingerprint density at radius 3 is 2.71 bits per heavy atom. The van der Waals surface area contributed by atoms with Gasteiger partial charge >= 0.3 is 0 Å². The number of carbonyl (C=O) groups excluding carboxylic acids is 2. The fourth-order valence-corrected chi connectivity index (χ4v) is 6.44. The van der Waals surface area contributed by atoms with Crippen LogP contribution in [0.25, 0.3) is 11.0 Å². The van der Waals surface area contributed by atoms with Crippen molar-refractivity contribution in [2.45, 2.75) is 64.5 Å². The van der Waals surface area contributed by atoms with Crippen LogP contribution < -0.4 is 5.32 Å². The smallest absolute Gasteiger partial charge is 0.296 e. The molecule has 9 nitrogen and oxygen atoms in total. The summed E-state index contributed by atoms with van der Waals surface area (Å²) in [6.45, 7) is 12.4. The predicted octanol–water partition coefficient (Wildman–Crippen LogP) is 4.74. The third kappa shape index (κ3) is 4.53. The van der Waals surface area contributed by atoms with Crippen LogP contribution in [0.4, 0.5) is 5.95 Å². The van der Waals surface area contributed by atoms with Gasteiger partial charge in [0, 0.05) is 31.7 Å². The topological polar surface area (TPSA) is 96.5 Å². The lowest BCUT2D eigenvalue weighted by Gasteiger charge is -2.46. The Hall–Kier alpha value is -3.46. The lowest BCUT2D eigenvalue weighted by molar-refractivity contribution is -0.125. The van der Waals surface area contributed by atoms with Crippen molar-refractivity contribution < 1.29 is 14.1 Å². The minimum absolute atomic E-state index is 0.00436. The second-order valence-electron chi connectivity index (χ2n) is 11.6. The molecule has 38 heavy (non-hydrogen) atoms. The number of anilines is 1. The second-order valence-corrected chi connectivity index (χ2v) is 11.6. The van der Waals surface area contributed by atoms with Crippen molar-refractivity contribution in [2.24, 2.45) is 5.41 Å². The van der Waals surface area contributed by atoms with E-state index in [-0.39, 0.29) is 34.9 Å². The third-order valence-corrected chi connectivity index (χ3v) is 8.55. The number of fused-ring (bicyclic) bond motifs is 1. The molecule has 1 aliphatic carbocycles. The van der Waals surface area contributed by atoms with E-state index in [2.05, 4.69) is 44.7 Å². The van der Waals surface area contributed by atoms with E-state index >= 15 is 0 Å². The molecule has 0 radical (unpaired) electrons. The maximum absolute atomic E-state index is 13.1. The summed E-state index contributed by atoms with van der Waals surface area (Å²) in [5.41, 5.74) is 4.00. The van der Waals surface area contributed by atoms with Gasteiger partial charge in [0.1, 0.15) is 0 Å². The first-order chi connectivity index (χ1) is 18.3. The van der Waals surface area contributed by atoms with Crippen LogP contribution in [0.15, 0.2) is 41.4 Å². The molecule has 0 bridgehead atoms. The Labute approximate surface area is 222 Å². The fourth-order valence-electron chi connectivity index (χ4n) is 6.44. The average Bonchev–Trinajstić information content (AvgIpc) is 3.68. The number of imidazole rings is 1. The van der Waals surface area contributed by atoms with Gasteiger partial charge in [-0.15, -0.1) is 0 Å². The number of rotatable bonds is 7. The summed E-state index contributed by atoms with van der Waals surface area (Å²) in [7, 11) is 0. The number of hydrogen-bond donors (Lipinski definition) is 1. The third-order valence-electron chi connectivity index (χ3n) is 8.55. The van der Waals surface area contributed by atoms with Crippen LogP contribution in [0.2, 0.25) is 0 Å². The van der Waals surface area contributed by atoms with Gasteiger partial charge in [0.25, 0.3) is 5.91 Å². The molecule has 1 saturated carbocycles. The summed E-state index contributed by atoms with van der Waals surface area (Å²) in [6.07, 6.45) is 6.79. The van der Waals surface area contributed by atoms with E-state index in [9.17, 15) is 9.59 Å². The zero-order valence-corrected chi connectivity index (χ0v) is 22.3. The van der Waals surface area contributed by atoms with E-state index in [1.807, 2.05) is 18.7 Å². The number of hydrogen-bond acceptors (Lipinski definition) is 6. The number of carbonyl (C=O) groups is 2. The van der Waals surface area contributed by atoms with Gasteiger partial charge < -0.3 is 14.0 Å². The number of nitrogens with one attached hydrogen (secondary N) is 1. The van der Waals surface area contributed by atoms with Crippen LogP contribution in [0.5, 0.6) is 0 Å². The van der Waals surface area contributed by atoms with Gasteiger partial charge in [0.2, 0.25) is 17.6 Å². The van der Waals surface area contributed by atoms with Gasteiger partial charge in [-0.3, -0.25) is 19.8 Å². The highest BCUT2D eigenvalue weighted by Gasteiger charge is 2.50. The molecule has 3 aromatic rings. The Balaban J connectivity index is 1.28. The molecule has 2 aromatic heterocycles. The minimum Gasteiger partial charge on any atom is -0.351 e. The summed E-state index contributed by atoms with van der Waals surface area (Å²) in [5, 5.41) is 7.05. The highest BCUT2D eigenvalue weighted by molar-refractivity contribution is 6.02. The van der Waals surface area contributed by atoms with E-state index in [1.54, 1.807) is 6.07 Å². The van der Waals surface area contributed by atoms with Crippen molar-refractivity contribution in [1.29, 1.82) is 0 Å². The van der Waals surface area contributed by atoms with Gasteiger partial charge in [-0.1, -0.05) is 31.6 Å². The molecule has 9 heteroatoms. The molecule has 200 valence electrons. The van der Waals surface area contributed by atoms with Gasteiger partial charge in [-0.25, -0.2) is 4.98 Å². The number of amides is 2. The van der Waals surface area contributed by atoms with Crippen molar-refractivity contribution in [1.82, 2.24) is 24.5 Å². The largest absolute Gasteiger partial charge is 0.351 e. The Bertz CT molecular complexity index is 1380. The van der Waals surface area contributed by atoms with Gasteiger partial charge in [0.15, 0.2) is 0 Å². The van der Waals surface area contributed by atoms with Crippen molar-refractivity contribution >= 4 is 28.8 Å². The molecule has 0 atom stereocenters. The van der Waals surface area contributed by atoms with Crippen LogP contribution in [0, 0.1) is 5.41 Å². The zero-order valence-electron chi connectivity index (χ0n) is 22.3. The molecule has 3 aliphatic rings. The summed E-state index contributed by atoms with van der Waals surface area (Å²) >= 11 is 0. The standard InChI is InChI=1S/C29H36N6O3/c1-4-26(36)34-12-9-29(18-34)15-21(16-29)35-24-8-7-20(17-33-10-5-6-11-33)13-23(24)30-28(35)31-27(37)25-14-22(19(2)3)32-38-25/h4,7-8,13-14,19,21H,1,5-6,9-12,15-18H2,2-3H3,(H,30,31,37)/t21-,29-. The number of aromatic nitrogens is 3. The molecule has 6 rings (SSSR count). The van der Waals surface area contributed by atoms with Gasteiger partial charge in [-0.05, 0) is 80.3 Å². The SMILES string of the molecule is C=CC(=O)N1CC[C@]2(C1)C[C@H](n1c(NC(=O)c3cc(C(C)C)no3)nc3cc(CN4CCCC4)ccc31)C2. The first-order valence-electron chi connectivity index (χ1n) is 13.8. The van der Waals surface area contributed by atoms with Crippen molar-refractivity contribution in [3.8, 4) is 0 Å². The second kappa shape index (κ2) is 9.69. The molecule has 0 unspecified atom stereocenters. The fraction of sp³-hybridized carbons (Fsp3) is 0.517. The summed E-state index contributed by atoms with van der Waals surface area (Å²) in [5.74, 6) is 0.536. The predicted molar refractivity (Wildman–Crippen MR) is 145 cm³/mol. The monoisotopic (exact) mass is 516 g/mol. The lowest BCUT2D eigenvalue weighted by atomic mass is 9.64. The Morgan fingerprint density at radius 2 is 2.00 bits per heavy atom. The maximum atomic E-state index is 13.1. The average molecular weight is 517 g/mol. The summed E-state index contributed by atoms with van der Waals surface area (Å²) in [4.78, 5) is 34.6. The van der Waals surface area contributed by atoms with Crippen LogP contribution >= 0.6 is 0 Å². The molecule has 4 heterocycles. The molecular weight excluding hydrogens is 480 g/mol. The highest BCUT2D eigenvalue weighted by Crippen LogP contribution is 2.55. The first-order valence-corrected chi connectivity index (χ1v) is 13.8. The molecule has 2 saturated heterocycles. The molecular formula is C29H36N6O3. The molecule has 3 fully saturated rings. The molecule has 2 aliphatic heterocycles. The summed E-state index contributed by atoms with van der Waals surface area (Å²) < 4.78 is 7.52. The Morgan fingerprint density at radius 1 is 1.21 bits per heavy atom. The normalized spacial score (nSPS) is 23.4. The van der Waals surface area contributed by atoms with E-state index in [0.717, 1.165) is 68.7 Å². The van der Waals surface area contributed by atoms with Crippen LogP contribution in [0.3, 0.4) is 0 Å². The van der Waals surface area contributed by atoms with E-state index < -0.39 is 0 Å². The van der Waals surface area contributed by atoms with Gasteiger partial charge in [-0.2, -0.15) is 0 Å². The maximum Gasteiger partial charge on any atom is 0.296 e. The lowest BCUT2D eigenvalue weighted by Crippen LogP contribution is -2.42. The van der Waals surface area contributed by atoms with Crippen molar-refractivity contribution in [2.75, 3.05) is 31.5 Å². The number of nitrogens with zero attached hydrogens (tertiary/aromatic N) is 5. The van der Waals surface area contributed by atoms with E-state index in [1.165, 1.54) is 24.5 Å². The molecule has 2 amide bonds. The van der Waals surface area contributed by atoms with Gasteiger partial charge in [0.05, 0.1) is 16.7 Å². The van der Waals surface area contributed by atoms with Crippen LogP contribution in [0.1, 0.15) is 79.7 Å². The highest BCUT2D eigenvalue weighted by atomic mass is 16.5. The zero-order chi connectivity index (χ0) is 26.4. The summed E-state index contributed by atoms with van der Waals surface area (Å²) in [6, 6.07) is 8.37. The van der Waals surface area contributed by atoms with Crippen molar-refractivity contribution in [3.63, 3.8) is 0 Å². The van der Waals surface area contributed by atoms with E-state index in [4.69, 9.17) is 9.51 Å². The quantitative estimate of drug-likeness (QED) is 0.456. The minimum atomic E-state index is -0.351. The van der Waals surface area contributed by atoms with Crippen LogP contribution in [-0.4, -0.2) is 62.5 Å². The molecule has 1 spiro atoms. The first kappa shape index (κ1) is 24.9. The van der Waals surface area contributed by atoms with E-state index in [0.29, 0.717) is 5.95 Å². The number of likely N-dealkylation sites (tertiary alicyclic amines) is 2. The van der Waals surface area contributed by atoms with Crippen molar-refractivity contribution in [3.05, 3.63) is 53.9 Å². The Kier molecular flexibility index (Phi) is 6.34. The number of benzene rings is 1. The van der Waals surface area contributed by atoms with Crippen LogP contribution in [-0.2, 0) is 11.3 Å². The molecule has 1 N–H and O–H groups in total. The molecule has 1 aromatic carbocycles.